The van der Waals surface area contributed by atoms with E-state index in [2.05, 4.69) is 25.7 Å². The Hall–Kier alpha value is -2.83. The van der Waals surface area contributed by atoms with Gasteiger partial charge in [-0.3, -0.25) is 0 Å². The molecule has 7 nitrogen and oxygen atoms in total. The molecule has 0 atom stereocenters. The molecule has 18 heavy (non-hydrogen) atoms. The van der Waals surface area contributed by atoms with Gasteiger partial charge in [-0.25, -0.2) is 4.68 Å². The zero-order valence-electron chi connectivity index (χ0n) is 9.30. The van der Waals surface area contributed by atoms with Crippen molar-refractivity contribution in [2.75, 3.05) is 5.73 Å². The summed E-state index contributed by atoms with van der Waals surface area (Å²) < 4.78 is 1.58. The molecule has 2 heterocycles. The van der Waals surface area contributed by atoms with Gasteiger partial charge in [0.2, 0.25) is 0 Å². The SMILES string of the molecule is Nc1ccc(-c2cccc(-n3cnnn3)c2)nn1. The van der Waals surface area contributed by atoms with Crippen molar-refractivity contribution in [3.8, 4) is 16.9 Å². The summed E-state index contributed by atoms with van der Waals surface area (Å²) in [6.45, 7) is 0. The molecule has 0 aliphatic carbocycles. The highest BCUT2D eigenvalue weighted by molar-refractivity contribution is 5.62. The third-order valence-electron chi connectivity index (χ3n) is 2.44. The maximum atomic E-state index is 5.51. The Morgan fingerprint density at radius 1 is 1.06 bits per heavy atom. The minimum absolute atomic E-state index is 0.399. The van der Waals surface area contributed by atoms with E-state index in [1.807, 2.05) is 30.3 Å². The van der Waals surface area contributed by atoms with Crippen LogP contribution in [0.3, 0.4) is 0 Å². The number of hydrogen-bond acceptors (Lipinski definition) is 6. The zero-order valence-corrected chi connectivity index (χ0v) is 9.30. The van der Waals surface area contributed by atoms with Gasteiger partial charge in [0.15, 0.2) is 0 Å². The van der Waals surface area contributed by atoms with Crippen LogP contribution in [0.5, 0.6) is 0 Å². The van der Waals surface area contributed by atoms with Crippen molar-refractivity contribution in [3.63, 3.8) is 0 Å². The molecule has 0 unspecified atom stereocenters. The van der Waals surface area contributed by atoms with Gasteiger partial charge >= 0.3 is 0 Å². The Morgan fingerprint density at radius 3 is 2.72 bits per heavy atom. The zero-order chi connectivity index (χ0) is 12.4. The molecule has 0 aliphatic heterocycles. The lowest BCUT2D eigenvalue weighted by Crippen LogP contribution is -1.97. The molecule has 2 aromatic heterocycles. The van der Waals surface area contributed by atoms with Crippen LogP contribution < -0.4 is 5.73 Å². The Balaban J connectivity index is 2.03. The molecular weight excluding hydrogens is 230 g/mol. The number of nitrogen functional groups attached to an aromatic ring is 1. The largest absolute Gasteiger partial charge is 0.382 e. The number of hydrogen-bond donors (Lipinski definition) is 1. The van der Waals surface area contributed by atoms with E-state index in [9.17, 15) is 0 Å². The highest BCUT2D eigenvalue weighted by Crippen LogP contribution is 2.19. The fourth-order valence-electron chi connectivity index (χ4n) is 1.58. The van der Waals surface area contributed by atoms with Crippen LogP contribution in [0.4, 0.5) is 5.82 Å². The minimum Gasteiger partial charge on any atom is -0.382 e. The van der Waals surface area contributed by atoms with Gasteiger partial charge < -0.3 is 5.73 Å². The molecule has 0 saturated carbocycles. The quantitative estimate of drug-likeness (QED) is 0.707. The molecule has 0 amide bonds. The first-order chi connectivity index (χ1) is 8.83. The van der Waals surface area contributed by atoms with E-state index in [0.29, 0.717) is 5.82 Å². The van der Waals surface area contributed by atoms with Crippen LogP contribution in [0.25, 0.3) is 16.9 Å². The number of rotatable bonds is 2. The second-order valence-electron chi connectivity index (χ2n) is 3.65. The molecule has 3 aromatic rings. The van der Waals surface area contributed by atoms with Crippen molar-refractivity contribution in [1.29, 1.82) is 0 Å². The van der Waals surface area contributed by atoms with E-state index in [1.54, 1.807) is 10.7 Å². The Morgan fingerprint density at radius 2 is 2.00 bits per heavy atom. The van der Waals surface area contributed by atoms with Crippen LogP contribution in [0, 0.1) is 0 Å². The second kappa shape index (κ2) is 4.21. The summed E-state index contributed by atoms with van der Waals surface area (Å²) in [4.78, 5) is 0. The first kappa shape index (κ1) is 10.3. The van der Waals surface area contributed by atoms with Crippen LogP contribution >= 0.6 is 0 Å². The van der Waals surface area contributed by atoms with Crippen molar-refractivity contribution >= 4 is 5.82 Å². The standard InChI is InChI=1S/C11H9N7/c12-11-5-4-10(14-15-11)8-2-1-3-9(6-8)18-7-13-16-17-18/h1-7H,(H2,12,15). The summed E-state index contributed by atoms with van der Waals surface area (Å²) in [6, 6.07) is 11.2. The van der Waals surface area contributed by atoms with Crippen molar-refractivity contribution in [1.82, 2.24) is 30.4 Å². The van der Waals surface area contributed by atoms with Crippen molar-refractivity contribution in [2.24, 2.45) is 0 Å². The highest BCUT2D eigenvalue weighted by Gasteiger charge is 2.03. The van der Waals surface area contributed by atoms with Gasteiger partial charge in [0, 0.05) is 5.56 Å². The van der Waals surface area contributed by atoms with Gasteiger partial charge in [0.25, 0.3) is 0 Å². The number of tetrazole rings is 1. The molecule has 3 rings (SSSR count). The van der Waals surface area contributed by atoms with Gasteiger partial charge in [0.05, 0.1) is 11.4 Å². The topological polar surface area (TPSA) is 95.4 Å². The molecule has 0 aliphatic rings. The molecule has 0 saturated heterocycles. The predicted molar refractivity (Wildman–Crippen MR) is 64.6 cm³/mol. The summed E-state index contributed by atoms with van der Waals surface area (Å²) in [6.07, 6.45) is 1.54. The van der Waals surface area contributed by atoms with Crippen LogP contribution in [0.2, 0.25) is 0 Å². The van der Waals surface area contributed by atoms with Gasteiger partial charge in [-0.05, 0) is 34.7 Å². The maximum Gasteiger partial charge on any atom is 0.146 e. The van der Waals surface area contributed by atoms with Gasteiger partial charge in [-0.1, -0.05) is 12.1 Å². The fraction of sp³-hybridized carbons (Fsp3) is 0. The average Bonchev–Trinajstić information content (AvgIpc) is 2.94. The molecule has 7 heteroatoms. The summed E-state index contributed by atoms with van der Waals surface area (Å²) >= 11 is 0. The maximum absolute atomic E-state index is 5.51. The van der Waals surface area contributed by atoms with Crippen LogP contribution in [-0.2, 0) is 0 Å². The molecule has 0 fully saturated rings. The number of anilines is 1. The van der Waals surface area contributed by atoms with Crippen LogP contribution in [0.15, 0.2) is 42.7 Å². The summed E-state index contributed by atoms with van der Waals surface area (Å²) in [7, 11) is 0. The van der Waals surface area contributed by atoms with E-state index in [1.165, 1.54) is 6.33 Å². The minimum atomic E-state index is 0.399. The molecule has 2 N–H and O–H groups in total. The smallest absolute Gasteiger partial charge is 0.146 e. The van der Waals surface area contributed by atoms with Crippen molar-refractivity contribution < 1.29 is 0 Å². The predicted octanol–water partition coefficient (Wildman–Crippen LogP) is 0.701. The summed E-state index contributed by atoms with van der Waals surface area (Å²) in [5, 5.41) is 18.9. The molecule has 1 aromatic carbocycles. The van der Waals surface area contributed by atoms with E-state index < -0.39 is 0 Å². The summed E-state index contributed by atoms with van der Waals surface area (Å²) in [5.41, 5.74) is 8.04. The average molecular weight is 239 g/mol. The molecule has 0 spiro atoms. The van der Waals surface area contributed by atoms with E-state index in [0.717, 1.165) is 16.9 Å². The van der Waals surface area contributed by atoms with Gasteiger partial charge in [0.1, 0.15) is 12.1 Å². The molecular formula is C11H9N7. The number of nitrogens with two attached hydrogens (primary N) is 1. The van der Waals surface area contributed by atoms with E-state index in [4.69, 9.17) is 5.73 Å². The Bertz CT molecular complexity index is 645. The van der Waals surface area contributed by atoms with Crippen molar-refractivity contribution in [3.05, 3.63) is 42.7 Å². The summed E-state index contributed by atoms with van der Waals surface area (Å²) in [5.74, 6) is 0.399. The van der Waals surface area contributed by atoms with Crippen LogP contribution in [-0.4, -0.2) is 30.4 Å². The number of aromatic nitrogens is 6. The Labute approximate surface area is 102 Å². The lowest BCUT2D eigenvalue weighted by molar-refractivity contribution is 0.789. The lowest BCUT2D eigenvalue weighted by atomic mass is 10.1. The highest BCUT2D eigenvalue weighted by atomic mass is 15.5. The van der Waals surface area contributed by atoms with E-state index >= 15 is 0 Å². The third-order valence-corrected chi connectivity index (χ3v) is 2.44. The van der Waals surface area contributed by atoms with Crippen LogP contribution in [0.1, 0.15) is 0 Å². The monoisotopic (exact) mass is 239 g/mol. The van der Waals surface area contributed by atoms with Gasteiger partial charge in [-0.2, -0.15) is 0 Å². The molecule has 0 bridgehead atoms. The van der Waals surface area contributed by atoms with E-state index in [-0.39, 0.29) is 0 Å². The number of benzene rings is 1. The molecule has 0 radical (unpaired) electrons. The fourth-order valence-corrected chi connectivity index (χ4v) is 1.58. The second-order valence-corrected chi connectivity index (χ2v) is 3.65. The van der Waals surface area contributed by atoms with Gasteiger partial charge in [-0.15, -0.1) is 15.3 Å². The molecule has 88 valence electrons. The third kappa shape index (κ3) is 1.88. The number of nitrogens with zero attached hydrogens (tertiary/aromatic N) is 6. The lowest BCUT2D eigenvalue weighted by Gasteiger charge is -2.03. The van der Waals surface area contributed by atoms with Crippen molar-refractivity contribution in [2.45, 2.75) is 0 Å². The normalized spacial score (nSPS) is 10.4. The first-order valence-electron chi connectivity index (χ1n) is 5.26. The first-order valence-corrected chi connectivity index (χ1v) is 5.26. The Kier molecular flexibility index (Phi) is 2.41.